The van der Waals surface area contributed by atoms with Crippen LogP contribution in [0, 0.1) is 24.1 Å². The van der Waals surface area contributed by atoms with Crippen LogP contribution in [0.1, 0.15) is 51.3 Å². The predicted molar refractivity (Wildman–Crippen MR) is 135 cm³/mol. The van der Waals surface area contributed by atoms with Gasteiger partial charge in [0, 0.05) is 24.8 Å². The number of carbonyl (C=O) groups is 1. The van der Waals surface area contributed by atoms with Crippen LogP contribution in [0.3, 0.4) is 0 Å². The molecule has 0 bridgehead atoms. The lowest BCUT2D eigenvalue weighted by atomic mass is 10.1. The zero-order valence-corrected chi connectivity index (χ0v) is 20.5. The molecule has 37 heavy (non-hydrogen) atoms. The van der Waals surface area contributed by atoms with Gasteiger partial charge in [-0.1, -0.05) is 17.7 Å². The molecule has 5 rings (SSSR count). The molecule has 1 atom stereocenters. The van der Waals surface area contributed by atoms with Gasteiger partial charge in [0.05, 0.1) is 11.7 Å². The van der Waals surface area contributed by atoms with Gasteiger partial charge in [-0.05, 0) is 60.9 Å². The molecule has 9 nitrogen and oxygen atoms in total. The van der Waals surface area contributed by atoms with Crippen molar-refractivity contribution in [2.45, 2.75) is 33.0 Å². The molecule has 3 aromatic heterocycles. The zero-order chi connectivity index (χ0) is 26.4. The number of fused-ring (bicyclic) bond motifs is 2. The molecule has 0 saturated carbocycles. The fourth-order valence-corrected chi connectivity index (χ4v) is 4.73. The van der Waals surface area contributed by atoms with Gasteiger partial charge in [0.1, 0.15) is 22.7 Å². The summed E-state index contributed by atoms with van der Waals surface area (Å²) in [4.78, 5) is 35.5. The van der Waals surface area contributed by atoms with Crippen LogP contribution >= 0.6 is 11.6 Å². The van der Waals surface area contributed by atoms with Crippen LogP contribution < -0.4 is 15.8 Å². The molecule has 1 aromatic carbocycles. The van der Waals surface area contributed by atoms with Crippen molar-refractivity contribution in [3.63, 3.8) is 0 Å². The van der Waals surface area contributed by atoms with Gasteiger partial charge in [-0.15, -0.1) is 0 Å². The van der Waals surface area contributed by atoms with E-state index in [4.69, 9.17) is 16.6 Å². The fraction of sp³-hybridized carbons (Fsp3) is 0.192. The van der Waals surface area contributed by atoms with Gasteiger partial charge in [-0.3, -0.25) is 9.20 Å². The number of hydrogen-bond acceptors (Lipinski definition) is 7. The van der Waals surface area contributed by atoms with Crippen molar-refractivity contribution in [2.75, 3.05) is 10.2 Å². The van der Waals surface area contributed by atoms with Gasteiger partial charge in [-0.25, -0.2) is 19.2 Å². The number of hydrogen-bond donors (Lipinski definition) is 2. The lowest BCUT2D eigenvalue weighted by Gasteiger charge is -2.22. The van der Waals surface area contributed by atoms with E-state index in [1.165, 1.54) is 28.7 Å². The first-order valence-corrected chi connectivity index (χ1v) is 11.7. The number of aromatic nitrogens is 3. The molecule has 2 N–H and O–H groups in total. The van der Waals surface area contributed by atoms with E-state index in [1.807, 2.05) is 12.1 Å². The van der Waals surface area contributed by atoms with Gasteiger partial charge in [0.2, 0.25) is 0 Å². The van der Waals surface area contributed by atoms with Gasteiger partial charge in [0.15, 0.2) is 17.1 Å². The molecule has 0 spiro atoms. The summed E-state index contributed by atoms with van der Waals surface area (Å²) < 4.78 is 15.1. The first-order valence-electron chi connectivity index (χ1n) is 11.3. The smallest absolute Gasteiger partial charge is 0.356 e. The van der Waals surface area contributed by atoms with Crippen molar-refractivity contribution >= 4 is 34.7 Å². The maximum absolute atomic E-state index is 13.8. The number of aryl methyl sites for hydroxylation is 1. The SMILES string of the molecule is Cc1cc([C@@H](C)Nc2ccc(Cl)nc2C(=O)O)c2nc(N3Cc4ccc(F)cc4C3)c(C#N)c(=O)n2c1. The summed E-state index contributed by atoms with van der Waals surface area (Å²) in [7, 11) is 0. The van der Waals surface area contributed by atoms with Gasteiger partial charge in [0.25, 0.3) is 5.56 Å². The van der Waals surface area contributed by atoms with Crippen LogP contribution in [0.15, 0.2) is 47.4 Å². The van der Waals surface area contributed by atoms with Crippen molar-refractivity contribution in [3.05, 3.63) is 97.4 Å². The third-order valence-corrected chi connectivity index (χ3v) is 6.49. The first-order chi connectivity index (χ1) is 17.7. The van der Waals surface area contributed by atoms with Crippen LogP contribution in [-0.2, 0) is 13.1 Å². The molecule has 186 valence electrons. The Kier molecular flexibility index (Phi) is 6.01. The third kappa shape index (κ3) is 4.34. The number of benzene rings is 1. The maximum atomic E-state index is 13.8. The Morgan fingerprint density at radius 1 is 1.22 bits per heavy atom. The number of halogens is 2. The molecule has 4 heterocycles. The highest BCUT2D eigenvalue weighted by Gasteiger charge is 2.27. The minimum Gasteiger partial charge on any atom is -0.476 e. The fourth-order valence-electron chi connectivity index (χ4n) is 4.58. The summed E-state index contributed by atoms with van der Waals surface area (Å²) >= 11 is 5.88. The molecule has 1 aliphatic heterocycles. The minimum atomic E-state index is -1.24. The number of pyridine rings is 2. The Bertz CT molecular complexity index is 1700. The molecule has 1 aliphatic rings. The summed E-state index contributed by atoms with van der Waals surface area (Å²) in [6.45, 7) is 4.28. The number of nitriles is 1. The monoisotopic (exact) mass is 518 g/mol. The molecule has 0 amide bonds. The van der Waals surface area contributed by atoms with E-state index in [0.717, 1.165) is 16.7 Å². The van der Waals surface area contributed by atoms with Gasteiger partial charge in [-0.2, -0.15) is 5.26 Å². The van der Waals surface area contributed by atoms with Crippen molar-refractivity contribution in [2.24, 2.45) is 0 Å². The summed E-state index contributed by atoms with van der Waals surface area (Å²) in [5.41, 5.74) is 2.69. The lowest BCUT2D eigenvalue weighted by molar-refractivity contribution is 0.0691. The molecular weight excluding hydrogens is 499 g/mol. The van der Waals surface area contributed by atoms with Crippen molar-refractivity contribution in [3.8, 4) is 6.07 Å². The number of nitrogens with zero attached hydrogens (tertiary/aromatic N) is 5. The zero-order valence-electron chi connectivity index (χ0n) is 19.8. The van der Waals surface area contributed by atoms with Gasteiger partial charge >= 0.3 is 5.97 Å². The van der Waals surface area contributed by atoms with Crippen LogP contribution in [0.25, 0.3) is 5.65 Å². The molecule has 0 fully saturated rings. The third-order valence-electron chi connectivity index (χ3n) is 6.27. The largest absolute Gasteiger partial charge is 0.476 e. The van der Waals surface area contributed by atoms with Crippen LogP contribution in [0.4, 0.5) is 15.9 Å². The second-order valence-corrected chi connectivity index (χ2v) is 9.25. The Morgan fingerprint density at radius 2 is 1.97 bits per heavy atom. The topological polar surface area (TPSA) is 124 Å². The molecule has 0 unspecified atom stereocenters. The van der Waals surface area contributed by atoms with E-state index in [2.05, 4.69) is 10.3 Å². The lowest BCUT2D eigenvalue weighted by Crippen LogP contribution is -2.27. The Labute approximate surface area is 215 Å². The molecule has 0 saturated heterocycles. The van der Waals surface area contributed by atoms with E-state index in [9.17, 15) is 24.3 Å². The number of anilines is 2. The molecule has 4 aromatic rings. The number of nitrogens with one attached hydrogen (secondary N) is 1. The van der Waals surface area contributed by atoms with Crippen LogP contribution in [0.5, 0.6) is 0 Å². The Hall–Kier alpha value is -4.49. The molecule has 0 aliphatic carbocycles. The quantitative estimate of drug-likeness (QED) is 0.371. The number of rotatable bonds is 5. The van der Waals surface area contributed by atoms with E-state index in [-0.39, 0.29) is 33.7 Å². The predicted octanol–water partition coefficient (Wildman–Crippen LogP) is 4.45. The summed E-state index contributed by atoms with van der Waals surface area (Å²) in [6, 6.07) is 10.8. The Morgan fingerprint density at radius 3 is 2.70 bits per heavy atom. The highest BCUT2D eigenvalue weighted by molar-refractivity contribution is 6.29. The number of aromatic carboxylic acids is 1. The number of carboxylic acid groups (broad SMARTS) is 1. The normalized spacial score (nSPS) is 13.3. The summed E-state index contributed by atoms with van der Waals surface area (Å²) in [5.74, 6) is -1.39. The average molecular weight is 519 g/mol. The standard InChI is InChI=1S/C26H20ClFN6O3/c1-13-7-18(14(2)30-20-5-6-21(27)31-22(20)26(36)37)24-32-23(19(9-29)25(35)34(24)10-13)33-11-15-3-4-17(28)8-16(15)12-33/h3-8,10,14,30H,11-12H2,1-2H3,(H,36,37)/t14-/m1/s1. The van der Waals surface area contributed by atoms with Crippen molar-refractivity contribution in [1.29, 1.82) is 5.26 Å². The highest BCUT2D eigenvalue weighted by atomic mass is 35.5. The molecule has 11 heteroatoms. The van der Waals surface area contributed by atoms with Crippen molar-refractivity contribution in [1.82, 2.24) is 14.4 Å². The van der Waals surface area contributed by atoms with Crippen molar-refractivity contribution < 1.29 is 14.3 Å². The summed E-state index contributed by atoms with van der Waals surface area (Å²) in [6.07, 6.45) is 1.60. The molecular formula is C26H20ClFN6O3. The van der Waals surface area contributed by atoms with Gasteiger partial charge < -0.3 is 15.3 Å². The molecule has 0 radical (unpaired) electrons. The van der Waals surface area contributed by atoms with Crippen LogP contribution in [0.2, 0.25) is 5.15 Å². The minimum absolute atomic E-state index is 0.0463. The summed E-state index contributed by atoms with van der Waals surface area (Å²) in [5, 5.41) is 22.6. The second kappa shape index (κ2) is 9.19. The average Bonchev–Trinajstić information content (AvgIpc) is 3.27. The second-order valence-electron chi connectivity index (χ2n) is 8.86. The van der Waals surface area contributed by atoms with E-state index >= 15 is 0 Å². The number of carboxylic acids is 1. The van der Waals surface area contributed by atoms with E-state index in [1.54, 1.807) is 31.0 Å². The van der Waals surface area contributed by atoms with E-state index in [0.29, 0.717) is 24.3 Å². The van der Waals surface area contributed by atoms with Crippen LogP contribution in [-0.4, -0.2) is 25.4 Å². The maximum Gasteiger partial charge on any atom is 0.356 e. The Balaban J connectivity index is 1.63. The highest BCUT2D eigenvalue weighted by Crippen LogP contribution is 2.31. The van der Waals surface area contributed by atoms with E-state index < -0.39 is 17.6 Å². The first kappa shape index (κ1) is 24.2.